The van der Waals surface area contributed by atoms with Crippen molar-refractivity contribution in [1.29, 1.82) is 0 Å². The number of halogens is 2. The first-order valence-corrected chi connectivity index (χ1v) is 11.4. The Morgan fingerprint density at radius 2 is 1.83 bits per heavy atom. The molecule has 30 heavy (non-hydrogen) atoms. The summed E-state index contributed by atoms with van der Waals surface area (Å²) in [5.74, 6) is -0.0769. The van der Waals surface area contributed by atoms with Gasteiger partial charge in [0.1, 0.15) is 5.54 Å². The van der Waals surface area contributed by atoms with Crippen molar-refractivity contribution in [2.24, 2.45) is 0 Å². The quantitative estimate of drug-likeness (QED) is 0.511. The lowest BCUT2D eigenvalue weighted by Crippen LogP contribution is -2.67. The molecule has 0 saturated carbocycles. The van der Waals surface area contributed by atoms with Gasteiger partial charge < -0.3 is 9.80 Å². The highest BCUT2D eigenvalue weighted by molar-refractivity contribution is 7.17. The molecule has 1 atom stereocenters. The minimum atomic E-state index is -0.804. The van der Waals surface area contributed by atoms with Gasteiger partial charge in [0.05, 0.1) is 6.42 Å². The van der Waals surface area contributed by atoms with Crippen molar-refractivity contribution in [2.45, 2.75) is 31.8 Å². The van der Waals surface area contributed by atoms with Crippen LogP contribution in [0.2, 0.25) is 10.0 Å². The zero-order chi connectivity index (χ0) is 21.5. The topological polar surface area (TPSA) is 40.6 Å². The lowest BCUT2D eigenvalue weighted by Gasteiger charge is -2.50. The van der Waals surface area contributed by atoms with Crippen LogP contribution in [-0.2, 0) is 22.6 Å². The Morgan fingerprint density at radius 3 is 2.50 bits per heavy atom. The molecule has 7 heteroatoms. The van der Waals surface area contributed by atoms with E-state index in [1.807, 2.05) is 54.8 Å². The highest BCUT2D eigenvalue weighted by Crippen LogP contribution is 2.35. The van der Waals surface area contributed by atoms with Gasteiger partial charge in [-0.1, -0.05) is 35.3 Å². The molecule has 1 saturated heterocycles. The zero-order valence-corrected chi connectivity index (χ0v) is 19.2. The largest absolute Gasteiger partial charge is 0.339 e. The molecule has 0 bridgehead atoms. The number of rotatable bonds is 5. The van der Waals surface area contributed by atoms with E-state index in [1.165, 1.54) is 0 Å². The van der Waals surface area contributed by atoms with Gasteiger partial charge in [-0.3, -0.25) is 9.59 Å². The van der Waals surface area contributed by atoms with Crippen LogP contribution >= 0.6 is 34.5 Å². The molecular weight excluding hydrogens is 439 g/mol. The van der Waals surface area contributed by atoms with Gasteiger partial charge >= 0.3 is 0 Å². The molecule has 2 aromatic carbocycles. The number of thiophene rings is 1. The van der Waals surface area contributed by atoms with Crippen LogP contribution in [0.1, 0.15) is 24.5 Å². The molecule has 1 aromatic heterocycles. The van der Waals surface area contributed by atoms with Crippen LogP contribution in [0.4, 0.5) is 0 Å². The minimum Gasteiger partial charge on any atom is -0.339 e. The summed E-state index contributed by atoms with van der Waals surface area (Å²) in [7, 11) is 1.78. The van der Waals surface area contributed by atoms with E-state index < -0.39 is 5.54 Å². The highest BCUT2D eigenvalue weighted by Gasteiger charge is 2.50. The summed E-state index contributed by atoms with van der Waals surface area (Å²) < 4.78 is 1.10. The third kappa shape index (κ3) is 3.94. The number of fused-ring (bicyclic) bond motifs is 1. The average molecular weight is 461 g/mol. The summed E-state index contributed by atoms with van der Waals surface area (Å²) in [5, 5.41) is 4.33. The first-order valence-electron chi connectivity index (χ1n) is 9.74. The van der Waals surface area contributed by atoms with Crippen LogP contribution in [0.5, 0.6) is 0 Å². The minimum absolute atomic E-state index is 0.0309. The fraction of sp³-hybridized carbons (Fsp3) is 0.304. The number of hydrogen-bond acceptors (Lipinski definition) is 3. The van der Waals surface area contributed by atoms with Crippen molar-refractivity contribution in [2.75, 3.05) is 13.6 Å². The van der Waals surface area contributed by atoms with Gasteiger partial charge in [-0.2, -0.15) is 0 Å². The molecule has 1 aliphatic rings. The van der Waals surface area contributed by atoms with Crippen molar-refractivity contribution in [3.8, 4) is 0 Å². The Bertz CT molecular complexity index is 1110. The van der Waals surface area contributed by atoms with Crippen LogP contribution in [-0.4, -0.2) is 40.7 Å². The Morgan fingerprint density at radius 1 is 1.13 bits per heavy atom. The Balaban J connectivity index is 1.46. The summed E-state index contributed by atoms with van der Waals surface area (Å²) >= 11 is 13.7. The fourth-order valence-electron chi connectivity index (χ4n) is 3.98. The first kappa shape index (κ1) is 21.2. The Labute approximate surface area is 190 Å². The number of likely N-dealkylation sites (N-methyl/N-ethyl adjacent to an activating group) is 1. The predicted molar refractivity (Wildman–Crippen MR) is 123 cm³/mol. The van der Waals surface area contributed by atoms with Gasteiger partial charge in [-0.15, -0.1) is 11.3 Å². The van der Waals surface area contributed by atoms with Gasteiger partial charge in [0, 0.05) is 34.9 Å². The highest BCUT2D eigenvalue weighted by atomic mass is 35.5. The van der Waals surface area contributed by atoms with Gasteiger partial charge in [0.15, 0.2) is 0 Å². The molecule has 2 amide bonds. The zero-order valence-electron chi connectivity index (χ0n) is 16.8. The molecule has 2 heterocycles. The number of hydrogen-bond donors (Lipinski definition) is 0. The number of carbonyl (C=O) groups excluding carboxylic acids is 2. The van der Waals surface area contributed by atoms with E-state index in [-0.39, 0.29) is 18.2 Å². The monoisotopic (exact) mass is 460 g/mol. The standard InChI is InChI=1S/C23H22Cl2N2O2S/c1-23(22(29)26(2)13-15-3-5-17(24)6-4-15)9-10-27(23)21(28)11-16-14-30-20-8-7-18(25)12-19(16)20/h3-8,12,14H,9-11,13H2,1-2H3. The van der Waals surface area contributed by atoms with Crippen molar-refractivity contribution in [3.63, 3.8) is 0 Å². The molecular formula is C23H22Cl2N2O2S. The van der Waals surface area contributed by atoms with Crippen LogP contribution in [0.15, 0.2) is 47.8 Å². The van der Waals surface area contributed by atoms with Crippen molar-refractivity contribution in [3.05, 3.63) is 69.0 Å². The second kappa shape index (κ2) is 8.22. The van der Waals surface area contributed by atoms with E-state index in [0.29, 0.717) is 29.6 Å². The number of amides is 2. The SMILES string of the molecule is CN(Cc1ccc(Cl)cc1)C(=O)C1(C)CCN1C(=O)Cc1csc2ccc(Cl)cc12. The molecule has 0 aliphatic carbocycles. The Hall–Kier alpha value is -2.08. The summed E-state index contributed by atoms with van der Waals surface area (Å²) in [6, 6.07) is 13.2. The summed E-state index contributed by atoms with van der Waals surface area (Å²) in [5.41, 5.74) is 1.15. The third-order valence-corrected chi connectivity index (χ3v) is 7.32. The molecule has 4 nitrogen and oxygen atoms in total. The maximum absolute atomic E-state index is 13.2. The van der Waals surface area contributed by atoms with Gasteiger partial charge in [-0.05, 0) is 65.6 Å². The second-order valence-electron chi connectivity index (χ2n) is 7.94. The number of nitrogens with zero attached hydrogens (tertiary/aromatic N) is 2. The molecule has 4 rings (SSSR count). The number of likely N-dealkylation sites (tertiary alicyclic amines) is 1. The van der Waals surface area contributed by atoms with E-state index in [1.54, 1.807) is 28.2 Å². The molecule has 0 N–H and O–H groups in total. The van der Waals surface area contributed by atoms with Crippen molar-refractivity contribution >= 4 is 56.4 Å². The van der Waals surface area contributed by atoms with E-state index in [2.05, 4.69) is 0 Å². The van der Waals surface area contributed by atoms with Crippen molar-refractivity contribution in [1.82, 2.24) is 9.80 Å². The van der Waals surface area contributed by atoms with E-state index in [0.717, 1.165) is 21.2 Å². The predicted octanol–water partition coefficient (Wildman–Crippen LogP) is 5.40. The molecule has 1 fully saturated rings. The molecule has 1 unspecified atom stereocenters. The van der Waals surface area contributed by atoms with E-state index in [4.69, 9.17) is 23.2 Å². The summed E-state index contributed by atoms with van der Waals surface area (Å²) in [4.78, 5) is 29.6. The van der Waals surface area contributed by atoms with Gasteiger partial charge in [0.2, 0.25) is 11.8 Å². The fourth-order valence-corrected chi connectivity index (χ4v) is 5.22. The lowest BCUT2D eigenvalue weighted by molar-refractivity contribution is -0.163. The smallest absolute Gasteiger partial charge is 0.248 e. The summed E-state index contributed by atoms with van der Waals surface area (Å²) in [6.07, 6.45) is 0.933. The van der Waals surface area contributed by atoms with Gasteiger partial charge in [0.25, 0.3) is 0 Å². The maximum Gasteiger partial charge on any atom is 0.248 e. The molecule has 3 aromatic rings. The molecule has 1 aliphatic heterocycles. The third-order valence-electron chi connectivity index (χ3n) is 5.82. The number of carbonyl (C=O) groups is 2. The normalized spacial score (nSPS) is 18.3. The molecule has 0 spiro atoms. The van der Waals surface area contributed by atoms with Crippen LogP contribution in [0, 0.1) is 0 Å². The van der Waals surface area contributed by atoms with Gasteiger partial charge in [-0.25, -0.2) is 0 Å². The summed E-state index contributed by atoms with van der Waals surface area (Å²) in [6.45, 7) is 2.93. The van der Waals surface area contributed by atoms with E-state index >= 15 is 0 Å². The molecule has 156 valence electrons. The van der Waals surface area contributed by atoms with E-state index in [9.17, 15) is 9.59 Å². The second-order valence-corrected chi connectivity index (χ2v) is 9.72. The Kier molecular flexibility index (Phi) is 5.80. The first-order chi connectivity index (χ1) is 14.3. The van der Waals surface area contributed by atoms with Crippen LogP contribution in [0.3, 0.4) is 0 Å². The molecule has 0 radical (unpaired) electrons. The van der Waals surface area contributed by atoms with Crippen LogP contribution < -0.4 is 0 Å². The average Bonchev–Trinajstić information content (AvgIpc) is 3.09. The van der Waals surface area contributed by atoms with Crippen LogP contribution in [0.25, 0.3) is 10.1 Å². The van der Waals surface area contributed by atoms with Crippen molar-refractivity contribution < 1.29 is 9.59 Å². The lowest BCUT2D eigenvalue weighted by atomic mass is 9.84. The maximum atomic E-state index is 13.2. The number of benzene rings is 2.